The highest BCUT2D eigenvalue weighted by Gasteiger charge is 2.30. The van der Waals surface area contributed by atoms with Crippen LogP contribution in [0.3, 0.4) is 0 Å². The Kier molecular flexibility index (Phi) is 7.47. The molecule has 0 aromatic heterocycles. The highest BCUT2D eigenvalue weighted by molar-refractivity contribution is 5.95. The normalized spacial score (nSPS) is 17.1. The number of hydrogen-bond acceptors (Lipinski definition) is 7. The average Bonchev–Trinajstić information content (AvgIpc) is 2.50. The molecule has 2 N–H and O–H groups in total. The molecule has 1 heterocycles. The van der Waals surface area contributed by atoms with Gasteiger partial charge < -0.3 is 24.8 Å². The monoisotopic (exact) mass is 340 g/mol. The molecule has 0 saturated heterocycles. The summed E-state index contributed by atoms with van der Waals surface area (Å²) in [5, 5.41) is 4.93. The first-order valence-electron chi connectivity index (χ1n) is 7.38. The first-order valence-corrected chi connectivity index (χ1v) is 7.38. The fraction of sp³-hybridized carbons (Fsp3) is 0.467. The minimum absolute atomic E-state index is 0.127. The van der Waals surface area contributed by atoms with Gasteiger partial charge in [-0.25, -0.2) is 19.2 Å². The van der Waals surface area contributed by atoms with Crippen molar-refractivity contribution < 1.29 is 33.4 Å². The van der Waals surface area contributed by atoms with Crippen molar-refractivity contribution in [3.8, 4) is 0 Å². The van der Waals surface area contributed by atoms with E-state index in [1.165, 1.54) is 0 Å². The number of carbonyl (C=O) groups is 4. The zero-order valence-electron chi connectivity index (χ0n) is 13.7. The molecular weight excluding hydrogens is 320 g/mol. The summed E-state index contributed by atoms with van der Waals surface area (Å²) < 4.78 is 14.5. The molecule has 0 spiro atoms. The van der Waals surface area contributed by atoms with E-state index < -0.39 is 30.0 Å². The van der Waals surface area contributed by atoms with Gasteiger partial charge in [-0.05, 0) is 20.8 Å². The van der Waals surface area contributed by atoms with Crippen molar-refractivity contribution in [1.29, 1.82) is 0 Å². The third-order valence-electron chi connectivity index (χ3n) is 2.87. The van der Waals surface area contributed by atoms with E-state index in [1.54, 1.807) is 20.8 Å². The maximum atomic E-state index is 12.0. The highest BCUT2D eigenvalue weighted by atomic mass is 16.5. The van der Waals surface area contributed by atoms with E-state index in [9.17, 15) is 19.2 Å². The molecule has 0 aliphatic carbocycles. The van der Waals surface area contributed by atoms with Gasteiger partial charge in [-0.15, -0.1) is 0 Å². The highest BCUT2D eigenvalue weighted by Crippen LogP contribution is 2.14. The van der Waals surface area contributed by atoms with E-state index in [-0.39, 0.29) is 31.1 Å². The van der Waals surface area contributed by atoms with Gasteiger partial charge in [0.15, 0.2) is 0 Å². The fourth-order valence-electron chi connectivity index (χ4n) is 1.91. The minimum Gasteiger partial charge on any atom is -0.463 e. The van der Waals surface area contributed by atoms with Crippen LogP contribution in [0.2, 0.25) is 0 Å². The lowest BCUT2D eigenvalue weighted by Gasteiger charge is -2.26. The summed E-state index contributed by atoms with van der Waals surface area (Å²) in [6.07, 6.45) is 1.82. The van der Waals surface area contributed by atoms with E-state index in [2.05, 4.69) is 15.4 Å². The molecule has 0 radical (unpaired) electrons. The Morgan fingerprint density at radius 1 is 1.04 bits per heavy atom. The standard InChI is InChI=1S/C15H20N2O7/c1-4-22-11(18)6-7-12(19)24-8-10-13(14(20)23-5-2)9(3)16-15(21)17-10/h6-7,9H,4-5,8H2,1-3H3,(H2,16,17,21)/b7-6+. The van der Waals surface area contributed by atoms with Gasteiger partial charge in [0.2, 0.25) is 0 Å². The van der Waals surface area contributed by atoms with Crippen molar-refractivity contribution in [2.75, 3.05) is 19.8 Å². The van der Waals surface area contributed by atoms with Crippen LogP contribution in [-0.4, -0.2) is 49.8 Å². The van der Waals surface area contributed by atoms with E-state index in [0.717, 1.165) is 12.2 Å². The third-order valence-corrected chi connectivity index (χ3v) is 2.87. The quantitative estimate of drug-likeness (QED) is 0.385. The van der Waals surface area contributed by atoms with Crippen LogP contribution in [0.5, 0.6) is 0 Å². The summed E-state index contributed by atoms with van der Waals surface area (Å²) in [6, 6.07) is -1.12. The number of rotatable bonds is 7. The van der Waals surface area contributed by atoms with Gasteiger partial charge >= 0.3 is 23.9 Å². The Balaban J connectivity index is 2.78. The molecule has 0 fully saturated rings. The number of esters is 3. The number of hydrogen-bond donors (Lipinski definition) is 2. The fourth-order valence-corrected chi connectivity index (χ4v) is 1.91. The Hall–Kier alpha value is -2.84. The summed E-state index contributed by atoms with van der Waals surface area (Å²) in [5.74, 6) is -2.12. The van der Waals surface area contributed by atoms with Crippen LogP contribution in [0, 0.1) is 0 Å². The zero-order valence-corrected chi connectivity index (χ0v) is 13.7. The summed E-state index contributed by atoms with van der Waals surface area (Å²) in [7, 11) is 0. The van der Waals surface area contributed by atoms with Crippen LogP contribution in [0.25, 0.3) is 0 Å². The van der Waals surface area contributed by atoms with Gasteiger partial charge in [-0.1, -0.05) is 0 Å². The molecule has 0 aromatic rings. The Labute approximate surface area is 139 Å². The molecule has 132 valence electrons. The molecule has 2 amide bonds. The maximum Gasteiger partial charge on any atom is 0.338 e. The molecule has 1 aliphatic heterocycles. The number of carbonyl (C=O) groups excluding carboxylic acids is 4. The van der Waals surface area contributed by atoms with Crippen molar-refractivity contribution >= 4 is 23.9 Å². The molecule has 1 rings (SSSR count). The first kappa shape index (κ1) is 19.2. The van der Waals surface area contributed by atoms with Crippen molar-refractivity contribution in [2.24, 2.45) is 0 Å². The van der Waals surface area contributed by atoms with E-state index in [0.29, 0.717) is 0 Å². The molecule has 9 heteroatoms. The Morgan fingerprint density at radius 3 is 2.21 bits per heavy atom. The molecule has 1 aliphatic rings. The smallest absolute Gasteiger partial charge is 0.338 e. The van der Waals surface area contributed by atoms with Crippen molar-refractivity contribution in [1.82, 2.24) is 10.6 Å². The maximum absolute atomic E-state index is 12.0. The van der Waals surface area contributed by atoms with Gasteiger partial charge in [0.1, 0.15) is 6.61 Å². The first-order chi connectivity index (χ1) is 11.4. The lowest BCUT2D eigenvalue weighted by atomic mass is 10.0. The molecule has 0 bridgehead atoms. The van der Waals surface area contributed by atoms with Gasteiger partial charge in [-0.2, -0.15) is 0 Å². The molecule has 9 nitrogen and oxygen atoms in total. The van der Waals surface area contributed by atoms with Crippen molar-refractivity contribution in [3.05, 3.63) is 23.4 Å². The second kappa shape index (κ2) is 9.33. The molecular formula is C15H20N2O7. The van der Waals surface area contributed by atoms with Crippen LogP contribution >= 0.6 is 0 Å². The molecule has 1 unspecified atom stereocenters. The average molecular weight is 340 g/mol. The number of ether oxygens (including phenoxy) is 3. The second-order valence-corrected chi connectivity index (χ2v) is 4.63. The summed E-state index contributed by atoms with van der Waals surface area (Å²) >= 11 is 0. The zero-order chi connectivity index (χ0) is 18.1. The minimum atomic E-state index is -0.820. The van der Waals surface area contributed by atoms with Crippen molar-refractivity contribution in [2.45, 2.75) is 26.8 Å². The largest absolute Gasteiger partial charge is 0.463 e. The second-order valence-electron chi connectivity index (χ2n) is 4.63. The van der Waals surface area contributed by atoms with Crippen LogP contribution in [0.4, 0.5) is 4.79 Å². The van der Waals surface area contributed by atoms with Crippen LogP contribution in [0.15, 0.2) is 23.4 Å². The van der Waals surface area contributed by atoms with Crippen molar-refractivity contribution in [3.63, 3.8) is 0 Å². The molecule has 24 heavy (non-hydrogen) atoms. The van der Waals surface area contributed by atoms with E-state index >= 15 is 0 Å². The summed E-state index contributed by atoms with van der Waals surface area (Å²) in [4.78, 5) is 46.2. The Bertz CT molecular complexity index is 580. The van der Waals surface area contributed by atoms with Crippen LogP contribution in [-0.2, 0) is 28.6 Å². The van der Waals surface area contributed by atoms with Crippen LogP contribution < -0.4 is 10.6 Å². The molecule has 0 aromatic carbocycles. The summed E-state index contributed by atoms with van der Waals surface area (Å²) in [6.45, 7) is 4.89. The van der Waals surface area contributed by atoms with Gasteiger partial charge in [-0.3, -0.25) is 0 Å². The van der Waals surface area contributed by atoms with Gasteiger partial charge in [0, 0.05) is 12.2 Å². The number of urea groups is 1. The molecule has 1 atom stereocenters. The lowest BCUT2D eigenvalue weighted by molar-refractivity contribution is -0.140. The predicted molar refractivity (Wildman–Crippen MR) is 81.5 cm³/mol. The summed E-state index contributed by atoms with van der Waals surface area (Å²) in [5.41, 5.74) is 0.293. The van der Waals surface area contributed by atoms with E-state index in [1.807, 2.05) is 0 Å². The van der Waals surface area contributed by atoms with Gasteiger partial charge in [0.25, 0.3) is 0 Å². The van der Waals surface area contributed by atoms with Gasteiger partial charge in [0.05, 0.1) is 30.5 Å². The third kappa shape index (κ3) is 5.75. The molecule has 0 saturated carbocycles. The Morgan fingerprint density at radius 2 is 1.62 bits per heavy atom. The lowest BCUT2D eigenvalue weighted by Crippen LogP contribution is -2.50. The van der Waals surface area contributed by atoms with Crippen LogP contribution in [0.1, 0.15) is 20.8 Å². The SMILES string of the molecule is CCOC(=O)/C=C/C(=O)OCC1=C(C(=O)OCC)C(C)NC(=O)N1. The number of nitrogens with one attached hydrogen (secondary N) is 2. The topological polar surface area (TPSA) is 120 Å². The predicted octanol–water partition coefficient (Wildman–Crippen LogP) is 0.167. The van der Waals surface area contributed by atoms with E-state index in [4.69, 9.17) is 9.47 Å². The number of amides is 2.